The van der Waals surface area contributed by atoms with Crippen LogP contribution >= 0.6 is 11.6 Å². The largest absolute Gasteiger partial charge is 0.351 e. The monoisotopic (exact) mass is 240 g/mol. The smallest absolute Gasteiger partial charge is 0.149 e. The second-order valence-corrected chi connectivity index (χ2v) is 4.75. The van der Waals surface area contributed by atoms with Crippen molar-refractivity contribution in [1.29, 1.82) is 0 Å². The van der Waals surface area contributed by atoms with Gasteiger partial charge in [0.25, 0.3) is 0 Å². The van der Waals surface area contributed by atoms with Gasteiger partial charge in [-0.3, -0.25) is 4.98 Å². The maximum absolute atomic E-state index is 5.87. The van der Waals surface area contributed by atoms with Crippen LogP contribution in [0.15, 0.2) is 12.4 Å². The Hall–Kier alpha value is -0.870. The van der Waals surface area contributed by atoms with Gasteiger partial charge in [-0.25, -0.2) is 4.98 Å². The third kappa shape index (κ3) is 2.62. The molecule has 1 saturated heterocycles. The SMILES string of the molecule is CC1CN(C)CCCN1c1cncc(Cl)n1. The van der Waals surface area contributed by atoms with Gasteiger partial charge >= 0.3 is 0 Å². The molecular weight excluding hydrogens is 224 g/mol. The van der Waals surface area contributed by atoms with Gasteiger partial charge in [-0.05, 0) is 26.9 Å². The second kappa shape index (κ2) is 4.97. The Morgan fingerprint density at radius 1 is 1.38 bits per heavy atom. The van der Waals surface area contributed by atoms with Gasteiger partial charge in [0.05, 0.1) is 12.4 Å². The molecule has 1 unspecified atom stereocenters. The van der Waals surface area contributed by atoms with Crippen molar-refractivity contribution >= 4 is 17.4 Å². The first-order valence-corrected chi connectivity index (χ1v) is 5.97. The van der Waals surface area contributed by atoms with Gasteiger partial charge in [0.15, 0.2) is 0 Å². The summed E-state index contributed by atoms with van der Waals surface area (Å²) in [5, 5.41) is 0.460. The topological polar surface area (TPSA) is 32.3 Å². The van der Waals surface area contributed by atoms with E-state index in [0.717, 1.165) is 31.9 Å². The van der Waals surface area contributed by atoms with E-state index in [0.29, 0.717) is 11.2 Å². The zero-order valence-corrected chi connectivity index (χ0v) is 10.5. The van der Waals surface area contributed by atoms with E-state index in [9.17, 15) is 0 Å². The molecule has 4 nitrogen and oxygen atoms in total. The Morgan fingerprint density at radius 2 is 2.19 bits per heavy atom. The molecule has 2 rings (SSSR count). The Bertz CT molecular complexity index is 358. The van der Waals surface area contributed by atoms with E-state index in [1.807, 2.05) is 0 Å². The summed E-state index contributed by atoms with van der Waals surface area (Å²) in [7, 11) is 2.16. The summed E-state index contributed by atoms with van der Waals surface area (Å²) in [5.41, 5.74) is 0. The Balaban J connectivity index is 2.19. The lowest BCUT2D eigenvalue weighted by molar-refractivity contribution is 0.337. The molecule has 1 aliphatic rings. The minimum atomic E-state index is 0.445. The molecule has 16 heavy (non-hydrogen) atoms. The number of aromatic nitrogens is 2. The predicted molar refractivity (Wildman–Crippen MR) is 66.0 cm³/mol. The van der Waals surface area contributed by atoms with Crippen molar-refractivity contribution in [2.24, 2.45) is 0 Å². The van der Waals surface area contributed by atoms with E-state index in [1.165, 1.54) is 0 Å². The third-order valence-electron chi connectivity index (χ3n) is 2.93. The van der Waals surface area contributed by atoms with Gasteiger partial charge in [-0.1, -0.05) is 11.6 Å². The van der Waals surface area contributed by atoms with E-state index in [2.05, 4.69) is 33.7 Å². The van der Waals surface area contributed by atoms with Gasteiger partial charge in [0, 0.05) is 19.1 Å². The standard InChI is InChI=1S/C11H17ClN4/c1-9-8-15(2)4-3-5-16(9)11-7-13-6-10(12)14-11/h6-7,9H,3-5,8H2,1-2H3. The second-order valence-electron chi connectivity index (χ2n) is 4.36. The number of hydrogen-bond donors (Lipinski definition) is 0. The molecule has 0 saturated carbocycles. The highest BCUT2D eigenvalue weighted by Gasteiger charge is 2.20. The lowest BCUT2D eigenvalue weighted by Crippen LogP contribution is -2.38. The van der Waals surface area contributed by atoms with Gasteiger partial charge in [-0.15, -0.1) is 0 Å². The van der Waals surface area contributed by atoms with Crippen LogP contribution < -0.4 is 4.90 Å². The van der Waals surface area contributed by atoms with Crippen molar-refractivity contribution in [2.75, 3.05) is 31.6 Å². The van der Waals surface area contributed by atoms with Gasteiger partial charge < -0.3 is 9.80 Å². The summed E-state index contributed by atoms with van der Waals surface area (Å²) in [6, 6.07) is 0.445. The van der Waals surface area contributed by atoms with E-state index < -0.39 is 0 Å². The molecule has 1 fully saturated rings. The Morgan fingerprint density at radius 3 is 2.94 bits per heavy atom. The summed E-state index contributed by atoms with van der Waals surface area (Å²) in [5.74, 6) is 0.885. The number of hydrogen-bond acceptors (Lipinski definition) is 4. The van der Waals surface area contributed by atoms with Gasteiger partial charge in [0.1, 0.15) is 11.0 Å². The summed E-state index contributed by atoms with van der Waals surface area (Å²) in [6.45, 7) is 5.41. The molecule has 1 atom stereocenters. The number of halogens is 1. The molecule has 88 valence electrons. The van der Waals surface area contributed by atoms with Crippen molar-refractivity contribution < 1.29 is 0 Å². The number of likely N-dealkylation sites (N-methyl/N-ethyl adjacent to an activating group) is 1. The lowest BCUT2D eigenvalue weighted by Gasteiger charge is -2.28. The highest BCUT2D eigenvalue weighted by Crippen LogP contribution is 2.18. The van der Waals surface area contributed by atoms with Crippen LogP contribution in [0.2, 0.25) is 5.15 Å². The molecule has 0 bridgehead atoms. The third-order valence-corrected chi connectivity index (χ3v) is 3.12. The summed E-state index contributed by atoms with van der Waals surface area (Å²) in [6.07, 6.45) is 4.50. The molecule has 0 amide bonds. The van der Waals surface area contributed by atoms with Crippen molar-refractivity contribution in [3.8, 4) is 0 Å². The molecular formula is C11H17ClN4. The molecule has 1 aliphatic heterocycles. The van der Waals surface area contributed by atoms with Crippen molar-refractivity contribution in [3.05, 3.63) is 17.5 Å². The molecule has 1 aromatic heterocycles. The van der Waals surface area contributed by atoms with Crippen molar-refractivity contribution in [2.45, 2.75) is 19.4 Å². The van der Waals surface area contributed by atoms with Gasteiger partial charge in [-0.2, -0.15) is 0 Å². The summed E-state index contributed by atoms with van der Waals surface area (Å²) >= 11 is 5.87. The first kappa shape index (κ1) is 11.6. The number of anilines is 1. The molecule has 1 aromatic rings. The first-order chi connectivity index (χ1) is 7.66. The molecule has 0 spiro atoms. The highest BCUT2D eigenvalue weighted by atomic mass is 35.5. The normalized spacial score (nSPS) is 23.2. The van der Waals surface area contributed by atoms with Crippen LogP contribution in [0.4, 0.5) is 5.82 Å². The fraction of sp³-hybridized carbons (Fsp3) is 0.636. The van der Waals surface area contributed by atoms with E-state index in [1.54, 1.807) is 12.4 Å². The van der Waals surface area contributed by atoms with E-state index >= 15 is 0 Å². The minimum absolute atomic E-state index is 0.445. The molecule has 0 N–H and O–H groups in total. The predicted octanol–water partition coefficient (Wildman–Crippen LogP) is 1.66. The fourth-order valence-electron chi connectivity index (χ4n) is 2.18. The number of rotatable bonds is 1. The highest BCUT2D eigenvalue weighted by molar-refractivity contribution is 6.29. The van der Waals surface area contributed by atoms with Crippen LogP contribution in [0, 0.1) is 0 Å². The number of nitrogens with zero attached hydrogens (tertiary/aromatic N) is 4. The van der Waals surface area contributed by atoms with Crippen LogP contribution in [0.1, 0.15) is 13.3 Å². The minimum Gasteiger partial charge on any atom is -0.351 e. The quantitative estimate of drug-likeness (QED) is 0.748. The van der Waals surface area contributed by atoms with Crippen LogP contribution in [-0.2, 0) is 0 Å². The molecule has 2 heterocycles. The maximum Gasteiger partial charge on any atom is 0.149 e. The average Bonchev–Trinajstić information content (AvgIpc) is 2.39. The van der Waals surface area contributed by atoms with E-state index in [4.69, 9.17) is 11.6 Å². The fourth-order valence-corrected chi connectivity index (χ4v) is 2.33. The zero-order chi connectivity index (χ0) is 11.5. The van der Waals surface area contributed by atoms with Crippen LogP contribution in [0.25, 0.3) is 0 Å². The zero-order valence-electron chi connectivity index (χ0n) is 9.73. The Labute approximate surface area is 101 Å². The first-order valence-electron chi connectivity index (χ1n) is 5.59. The summed E-state index contributed by atoms with van der Waals surface area (Å²) in [4.78, 5) is 13.0. The Kier molecular flexibility index (Phi) is 3.61. The lowest BCUT2D eigenvalue weighted by atomic mass is 10.3. The van der Waals surface area contributed by atoms with Crippen molar-refractivity contribution in [3.63, 3.8) is 0 Å². The van der Waals surface area contributed by atoms with Crippen LogP contribution in [0.3, 0.4) is 0 Å². The maximum atomic E-state index is 5.87. The van der Waals surface area contributed by atoms with Gasteiger partial charge in [0.2, 0.25) is 0 Å². The molecule has 0 radical (unpaired) electrons. The van der Waals surface area contributed by atoms with Crippen LogP contribution in [0.5, 0.6) is 0 Å². The van der Waals surface area contributed by atoms with E-state index in [-0.39, 0.29) is 0 Å². The van der Waals surface area contributed by atoms with Crippen molar-refractivity contribution in [1.82, 2.24) is 14.9 Å². The molecule has 0 aromatic carbocycles. The average molecular weight is 241 g/mol. The molecule has 5 heteroatoms. The van der Waals surface area contributed by atoms with Crippen LogP contribution in [-0.4, -0.2) is 47.6 Å². The molecule has 0 aliphatic carbocycles. The summed E-state index contributed by atoms with van der Waals surface area (Å²) < 4.78 is 0.